The van der Waals surface area contributed by atoms with Crippen LogP contribution in [0.25, 0.3) is 11.1 Å². The molecule has 0 aromatic heterocycles. The molecule has 3 aromatic carbocycles. The number of hydrogen-bond donors (Lipinski definition) is 1. The highest BCUT2D eigenvalue weighted by Crippen LogP contribution is 2.48. The highest BCUT2D eigenvalue weighted by molar-refractivity contribution is 5.80. The van der Waals surface area contributed by atoms with Crippen LogP contribution in [0, 0.1) is 11.8 Å². The van der Waals surface area contributed by atoms with Crippen LogP contribution in [0.2, 0.25) is 0 Å². The van der Waals surface area contributed by atoms with E-state index in [0.717, 1.165) is 33.3 Å². The van der Waals surface area contributed by atoms with E-state index in [2.05, 4.69) is 61.2 Å². The molecule has 0 bridgehead atoms. The monoisotopic (exact) mass is 422 g/mol. The fraction of sp³-hybridized carbons (Fsp3) is 0.333. The smallest absolute Gasteiger partial charge is 0.140 e. The minimum Gasteiger partial charge on any atom is -0.379 e. The first-order valence-electron chi connectivity index (χ1n) is 11.9. The van der Waals surface area contributed by atoms with E-state index in [1.54, 1.807) is 0 Å². The molecule has 2 nitrogen and oxygen atoms in total. The molecule has 1 aliphatic heterocycles. The molecule has 0 amide bonds. The van der Waals surface area contributed by atoms with Gasteiger partial charge in [0.25, 0.3) is 0 Å². The predicted octanol–water partition coefficient (Wildman–Crippen LogP) is 5.71. The maximum absolute atomic E-state index is 11.7. The lowest BCUT2D eigenvalue weighted by Gasteiger charge is -2.32. The normalized spacial score (nSPS) is 22.6. The summed E-state index contributed by atoms with van der Waals surface area (Å²) in [5.74, 6) is 7.53. The van der Waals surface area contributed by atoms with E-state index < -0.39 is 5.60 Å². The zero-order valence-electron chi connectivity index (χ0n) is 18.9. The van der Waals surface area contributed by atoms with Crippen LogP contribution < -0.4 is 0 Å². The molecule has 2 heteroatoms. The third-order valence-electron chi connectivity index (χ3n) is 7.45. The van der Waals surface area contributed by atoms with Gasteiger partial charge in [-0.3, -0.25) is 0 Å². The van der Waals surface area contributed by atoms with E-state index in [4.69, 9.17) is 0 Å². The van der Waals surface area contributed by atoms with Gasteiger partial charge in [-0.1, -0.05) is 91.7 Å². The third kappa shape index (κ3) is 3.66. The lowest BCUT2D eigenvalue weighted by Crippen LogP contribution is -2.46. The first kappa shape index (κ1) is 21.0. The highest BCUT2D eigenvalue weighted by Gasteiger charge is 2.41. The molecule has 1 fully saturated rings. The number of benzene rings is 3. The topological polar surface area (TPSA) is 20.2 Å². The van der Waals surface area contributed by atoms with Crippen molar-refractivity contribution >= 4 is 0 Å². The predicted molar refractivity (Wildman–Crippen MR) is 131 cm³/mol. The van der Waals surface area contributed by atoms with E-state index in [1.807, 2.05) is 36.4 Å². The van der Waals surface area contributed by atoms with Gasteiger partial charge in [0.2, 0.25) is 0 Å². The van der Waals surface area contributed by atoms with Crippen molar-refractivity contribution in [3.63, 3.8) is 0 Å². The maximum Gasteiger partial charge on any atom is 0.140 e. The first-order valence-corrected chi connectivity index (χ1v) is 11.9. The number of likely N-dealkylation sites (tertiary alicyclic amines) is 1. The van der Waals surface area contributed by atoms with E-state index in [1.165, 1.54) is 38.0 Å². The minimum atomic E-state index is -1.02. The van der Waals surface area contributed by atoms with Crippen LogP contribution >= 0.6 is 0 Å². The minimum absolute atomic E-state index is 0.440. The molecule has 0 saturated carbocycles. The zero-order valence-corrected chi connectivity index (χ0v) is 18.9. The molecule has 0 radical (unpaired) electrons. The number of fused-ring (bicyclic) bond motifs is 3. The second kappa shape index (κ2) is 8.58. The van der Waals surface area contributed by atoms with Crippen LogP contribution in [0.15, 0.2) is 78.9 Å². The number of quaternary nitrogens is 1. The van der Waals surface area contributed by atoms with Crippen molar-refractivity contribution < 1.29 is 9.59 Å². The molecule has 162 valence electrons. The molecule has 1 N–H and O–H groups in total. The molecule has 1 aliphatic carbocycles. The maximum atomic E-state index is 11.7. The van der Waals surface area contributed by atoms with E-state index in [-0.39, 0.29) is 0 Å². The average Bonchev–Trinajstić information content (AvgIpc) is 3.37. The fourth-order valence-corrected chi connectivity index (χ4v) is 5.88. The van der Waals surface area contributed by atoms with Crippen molar-refractivity contribution in [1.82, 2.24) is 0 Å². The number of hydrogen-bond acceptors (Lipinski definition) is 1. The van der Waals surface area contributed by atoms with Crippen molar-refractivity contribution in [3.05, 3.63) is 95.6 Å². The Labute approximate surface area is 192 Å². The van der Waals surface area contributed by atoms with Crippen LogP contribution in [0.3, 0.4) is 0 Å². The van der Waals surface area contributed by atoms with Gasteiger partial charge in [0.05, 0.1) is 19.6 Å². The second-order valence-corrected chi connectivity index (χ2v) is 9.51. The first-order chi connectivity index (χ1) is 15.7. The van der Waals surface area contributed by atoms with Gasteiger partial charge >= 0.3 is 0 Å². The van der Waals surface area contributed by atoms with Crippen LogP contribution in [0.5, 0.6) is 0 Å². The largest absolute Gasteiger partial charge is 0.379 e. The van der Waals surface area contributed by atoms with Crippen molar-refractivity contribution in [2.75, 3.05) is 26.2 Å². The summed E-state index contributed by atoms with van der Waals surface area (Å²) in [4.78, 5) is 0. The Hall–Kier alpha value is -2.86. The molecule has 1 saturated heterocycles. The van der Waals surface area contributed by atoms with Gasteiger partial charge in [-0.2, -0.15) is 0 Å². The number of aliphatic hydroxyl groups is 1. The summed E-state index contributed by atoms with van der Waals surface area (Å²) < 4.78 is 1.08. The number of nitrogens with zero attached hydrogens (tertiary/aromatic N) is 1. The van der Waals surface area contributed by atoms with Crippen molar-refractivity contribution in [2.24, 2.45) is 0 Å². The molecule has 1 heterocycles. The molecule has 0 unspecified atom stereocenters. The summed E-state index contributed by atoms with van der Waals surface area (Å²) in [6, 6.07) is 27.4. The average molecular weight is 423 g/mol. The van der Waals surface area contributed by atoms with Gasteiger partial charge in [0.15, 0.2) is 0 Å². The van der Waals surface area contributed by atoms with E-state index >= 15 is 0 Å². The summed E-state index contributed by atoms with van der Waals surface area (Å²) in [5.41, 5.74) is 4.67. The molecular formula is C30H32NO+. The Balaban J connectivity index is 1.35. The second-order valence-electron chi connectivity index (χ2n) is 9.51. The van der Waals surface area contributed by atoms with Crippen molar-refractivity contribution in [3.8, 4) is 23.0 Å². The zero-order chi connectivity index (χ0) is 22.0. The van der Waals surface area contributed by atoms with E-state index in [0.29, 0.717) is 12.3 Å². The van der Waals surface area contributed by atoms with Crippen LogP contribution in [-0.2, 0) is 5.60 Å². The van der Waals surface area contributed by atoms with Gasteiger partial charge in [-0.25, -0.2) is 0 Å². The number of rotatable bonds is 5. The summed E-state index contributed by atoms with van der Waals surface area (Å²) in [6.07, 6.45) is 2.85. The van der Waals surface area contributed by atoms with Gasteiger partial charge in [0, 0.05) is 18.8 Å². The molecule has 2 atom stereocenters. The van der Waals surface area contributed by atoms with Gasteiger partial charge in [-0.05, 0) is 40.2 Å². The van der Waals surface area contributed by atoms with Crippen LogP contribution in [-0.4, -0.2) is 35.8 Å². The summed E-state index contributed by atoms with van der Waals surface area (Å²) >= 11 is 0. The summed E-state index contributed by atoms with van der Waals surface area (Å²) in [5, 5.41) is 11.7. The van der Waals surface area contributed by atoms with Gasteiger partial charge < -0.3 is 9.59 Å². The molecule has 5 rings (SSSR count). The third-order valence-corrected chi connectivity index (χ3v) is 7.45. The van der Waals surface area contributed by atoms with Gasteiger partial charge in [-0.15, -0.1) is 0 Å². The van der Waals surface area contributed by atoms with Crippen LogP contribution in [0.1, 0.15) is 48.8 Å². The lowest BCUT2D eigenvalue weighted by molar-refractivity contribution is -0.910. The quantitative estimate of drug-likeness (QED) is 0.412. The molecular weight excluding hydrogens is 390 g/mol. The van der Waals surface area contributed by atoms with E-state index in [9.17, 15) is 5.11 Å². The summed E-state index contributed by atoms with van der Waals surface area (Å²) in [7, 11) is 0. The lowest BCUT2D eigenvalue weighted by atomic mass is 9.88. The Morgan fingerprint density at radius 1 is 0.875 bits per heavy atom. The highest BCUT2D eigenvalue weighted by atomic mass is 16.3. The fourth-order valence-electron chi connectivity index (χ4n) is 5.88. The molecule has 32 heavy (non-hydrogen) atoms. The SMILES string of the molecule is CCC[N@@+]1(CC#CCC2(O)c3ccccc3-c3ccccc32)CC[C@H](c2ccccc2)C1. The van der Waals surface area contributed by atoms with Crippen LogP contribution in [0.4, 0.5) is 0 Å². The Kier molecular flexibility index (Phi) is 5.64. The molecule has 0 spiro atoms. The van der Waals surface area contributed by atoms with Gasteiger partial charge in [0.1, 0.15) is 12.1 Å². The standard InChI is InChI=1S/C30H32NO/c1-2-20-31(22-18-25(23-31)24-12-4-3-5-13-24)21-11-10-19-30(32)28-16-8-6-14-26(28)27-15-7-9-17-29(27)30/h3-9,12-17,25,32H,2,18-23H2,1H3/q+1/t25-,31+/m0/s1. The summed E-state index contributed by atoms with van der Waals surface area (Å²) in [6.45, 7) is 6.68. The molecule has 3 aromatic rings. The Morgan fingerprint density at radius 2 is 1.50 bits per heavy atom. The van der Waals surface area contributed by atoms with Crippen molar-refractivity contribution in [1.29, 1.82) is 0 Å². The Morgan fingerprint density at radius 3 is 2.16 bits per heavy atom. The van der Waals surface area contributed by atoms with Crippen molar-refractivity contribution in [2.45, 2.75) is 37.7 Å². The molecule has 2 aliphatic rings. The Bertz CT molecular complexity index is 1110.